The summed E-state index contributed by atoms with van der Waals surface area (Å²) in [6.45, 7) is 2.13. The lowest BCUT2D eigenvalue weighted by atomic mass is 10.1. The van der Waals surface area contributed by atoms with E-state index in [2.05, 4.69) is 10.3 Å². The molecule has 1 atom stereocenters. The van der Waals surface area contributed by atoms with Crippen molar-refractivity contribution in [2.75, 3.05) is 7.05 Å². The molecule has 3 rings (SSSR count). The Kier molecular flexibility index (Phi) is 4.94. The van der Waals surface area contributed by atoms with Crippen molar-refractivity contribution in [1.82, 2.24) is 10.3 Å². The van der Waals surface area contributed by atoms with E-state index in [9.17, 15) is 13.6 Å². The zero-order valence-corrected chi connectivity index (χ0v) is 14.5. The van der Waals surface area contributed by atoms with Crippen molar-refractivity contribution in [3.8, 4) is 0 Å². The van der Waals surface area contributed by atoms with E-state index in [4.69, 9.17) is 4.74 Å². The number of alkyl halides is 1. The maximum Gasteiger partial charge on any atom is 0.253 e. The van der Waals surface area contributed by atoms with E-state index in [1.54, 1.807) is 0 Å². The number of fused-ring (bicyclic) bond motifs is 1. The molecule has 0 saturated heterocycles. The fourth-order valence-electron chi connectivity index (χ4n) is 2.42. The van der Waals surface area contributed by atoms with Crippen molar-refractivity contribution in [2.24, 2.45) is 0 Å². The Labute approximate surface area is 147 Å². The Morgan fingerprint density at radius 2 is 2.20 bits per heavy atom. The van der Waals surface area contributed by atoms with Crippen molar-refractivity contribution in [1.29, 1.82) is 0 Å². The van der Waals surface area contributed by atoms with Gasteiger partial charge in [0.15, 0.2) is 6.17 Å². The van der Waals surface area contributed by atoms with Crippen LogP contribution in [-0.2, 0) is 16.1 Å². The second-order valence-electron chi connectivity index (χ2n) is 5.51. The molecule has 1 amide bonds. The minimum atomic E-state index is -1.89. The summed E-state index contributed by atoms with van der Waals surface area (Å²) in [5, 5.41) is 2.96. The number of rotatable bonds is 4. The molecule has 0 bridgehead atoms. The number of likely N-dealkylation sites (N-methyl/N-ethyl adjacent to an activating group) is 1. The third-order valence-electron chi connectivity index (χ3n) is 3.66. The highest BCUT2D eigenvalue weighted by atomic mass is 32.1. The van der Waals surface area contributed by atoms with Crippen LogP contribution in [0.4, 0.5) is 8.78 Å². The van der Waals surface area contributed by atoms with Crippen molar-refractivity contribution in [2.45, 2.75) is 19.7 Å². The number of ether oxygens (including phenoxy) is 1. The van der Waals surface area contributed by atoms with Crippen LogP contribution in [-0.4, -0.2) is 24.1 Å². The zero-order chi connectivity index (χ0) is 18.0. The Bertz CT molecular complexity index is 915. The predicted octanol–water partition coefficient (Wildman–Crippen LogP) is 3.88. The molecule has 7 heteroatoms. The van der Waals surface area contributed by atoms with Gasteiger partial charge in [0.1, 0.15) is 23.2 Å². The highest BCUT2D eigenvalue weighted by Gasteiger charge is 2.24. The van der Waals surface area contributed by atoms with Gasteiger partial charge in [-0.15, -0.1) is 11.3 Å². The Balaban J connectivity index is 1.75. The average molecular weight is 362 g/mol. The van der Waals surface area contributed by atoms with Crippen molar-refractivity contribution < 1.29 is 18.3 Å². The second-order valence-corrected chi connectivity index (χ2v) is 6.63. The lowest BCUT2D eigenvalue weighted by Gasteiger charge is -2.08. The van der Waals surface area contributed by atoms with E-state index in [1.165, 1.54) is 24.5 Å². The number of hydrogen-bond donors (Lipinski definition) is 1. The number of carbonyl (C=O) groups is 1. The lowest BCUT2D eigenvalue weighted by Crippen LogP contribution is -2.25. The summed E-state index contributed by atoms with van der Waals surface area (Å²) in [5.41, 5.74) is 1.43. The number of benzene rings is 1. The average Bonchev–Trinajstić information content (AvgIpc) is 2.92. The Morgan fingerprint density at radius 1 is 1.40 bits per heavy atom. The molecule has 1 aliphatic carbocycles. The standard InChI is InChI=1S/C18H16F2N2O2S/c1-10-3-6-15-14(7-10)22-16(25-15)9-24-11-4-5-12(19)17(13(20)8-11)18(23)21-2/h3-8,13H,9H2,1-2H3,(H,21,23). The van der Waals surface area contributed by atoms with E-state index >= 15 is 0 Å². The van der Waals surface area contributed by atoms with Gasteiger partial charge in [-0.05, 0) is 42.8 Å². The van der Waals surface area contributed by atoms with Crippen LogP contribution < -0.4 is 5.32 Å². The van der Waals surface area contributed by atoms with Gasteiger partial charge in [-0.25, -0.2) is 13.8 Å². The first-order chi connectivity index (χ1) is 12.0. The van der Waals surface area contributed by atoms with Gasteiger partial charge in [-0.2, -0.15) is 0 Å². The number of nitrogens with one attached hydrogen (secondary N) is 1. The largest absolute Gasteiger partial charge is 0.487 e. The van der Waals surface area contributed by atoms with Crippen LogP contribution in [0.2, 0.25) is 0 Å². The third-order valence-corrected chi connectivity index (χ3v) is 4.67. The van der Waals surface area contributed by atoms with Gasteiger partial charge in [0.05, 0.1) is 15.8 Å². The summed E-state index contributed by atoms with van der Waals surface area (Å²) in [6, 6.07) is 5.97. The van der Waals surface area contributed by atoms with Crippen LogP contribution in [0.1, 0.15) is 10.6 Å². The summed E-state index contributed by atoms with van der Waals surface area (Å²) in [5.74, 6) is -1.57. The number of thiazole rings is 1. The van der Waals surface area contributed by atoms with Gasteiger partial charge in [-0.3, -0.25) is 4.79 Å². The summed E-state index contributed by atoms with van der Waals surface area (Å²) < 4.78 is 34.7. The number of allylic oxidation sites excluding steroid dienone is 4. The molecule has 130 valence electrons. The van der Waals surface area contributed by atoms with Crippen molar-refractivity contribution in [3.63, 3.8) is 0 Å². The molecule has 0 spiro atoms. The number of aromatic nitrogens is 1. The van der Waals surface area contributed by atoms with Gasteiger partial charge < -0.3 is 10.1 Å². The van der Waals surface area contributed by atoms with Gasteiger partial charge in [0.2, 0.25) is 0 Å². The topological polar surface area (TPSA) is 51.2 Å². The van der Waals surface area contributed by atoms with Gasteiger partial charge >= 0.3 is 0 Å². The smallest absolute Gasteiger partial charge is 0.253 e. The molecule has 0 aliphatic heterocycles. The quantitative estimate of drug-likeness (QED) is 0.898. The van der Waals surface area contributed by atoms with Crippen LogP contribution in [0.25, 0.3) is 10.2 Å². The molecule has 25 heavy (non-hydrogen) atoms. The minimum absolute atomic E-state index is 0.137. The van der Waals surface area contributed by atoms with Gasteiger partial charge in [0.25, 0.3) is 5.91 Å². The SMILES string of the molecule is CNC(=O)C1=C(F)C=CC(OCc2nc3cc(C)ccc3s2)=CC1F. The third kappa shape index (κ3) is 3.76. The number of halogens is 2. The van der Waals surface area contributed by atoms with Crippen LogP contribution in [0.5, 0.6) is 0 Å². The fourth-order valence-corrected chi connectivity index (χ4v) is 3.28. The highest BCUT2D eigenvalue weighted by Crippen LogP contribution is 2.26. The fraction of sp³-hybridized carbons (Fsp3) is 0.222. The van der Waals surface area contributed by atoms with Crippen LogP contribution in [0.15, 0.2) is 53.6 Å². The summed E-state index contributed by atoms with van der Waals surface area (Å²) in [6.07, 6.45) is 1.51. The molecular formula is C18H16F2N2O2S. The monoisotopic (exact) mass is 362 g/mol. The molecule has 1 unspecified atom stereocenters. The van der Waals surface area contributed by atoms with Crippen molar-refractivity contribution >= 4 is 27.5 Å². The molecule has 1 N–H and O–H groups in total. The number of carbonyl (C=O) groups excluding carboxylic acids is 1. The maximum absolute atomic E-state index is 14.2. The Hall–Kier alpha value is -2.54. The van der Waals surface area contributed by atoms with Crippen LogP contribution in [0.3, 0.4) is 0 Å². The first-order valence-electron chi connectivity index (χ1n) is 7.62. The van der Waals surface area contributed by atoms with Crippen LogP contribution >= 0.6 is 11.3 Å². The number of amides is 1. The normalized spacial score (nSPS) is 17.4. The molecule has 0 saturated carbocycles. The zero-order valence-electron chi connectivity index (χ0n) is 13.7. The van der Waals surface area contributed by atoms with E-state index < -0.39 is 23.5 Å². The molecule has 2 aromatic rings. The van der Waals surface area contributed by atoms with Crippen LogP contribution in [0, 0.1) is 6.92 Å². The van der Waals surface area contributed by atoms with E-state index in [0.29, 0.717) is 0 Å². The summed E-state index contributed by atoms with van der Waals surface area (Å²) in [7, 11) is 1.32. The predicted molar refractivity (Wildman–Crippen MR) is 93.5 cm³/mol. The molecule has 1 heterocycles. The molecule has 0 fully saturated rings. The summed E-state index contributed by atoms with van der Waals surface area (Å²) >= 11 is 1.48. The van der Waals surface area contributed by atoms with Crippen molar-refractivity contribution in [3.05, 3.63) is 64.2 Å². The second kappa shape index (κ2) is 7.14. The molecular weight excluding hydrogens is 346 g/mol. The number of aryl methyl sites for hydroxylation is 1. The van der Waals surface area contributed by atoms with E-state index in [-0.39, 0.29) is 12.4 Å². The maximum atomic E-state index is 14.2. The molecule has 1 aromatic heterocycles. The molecule has 4 nitrogen and oxygen atoms in total. The highest BCUT2D eigenvalue weighted by molar-refractivity contribution is 7.18. The number of nitrogens with zero attached hydrogens (tertiary/aromatic N) is 1. The van der Waals surface area contributed by atoms with Gasteiger partial charge in [0, 0.05) is 7.05 Å². The molecule has 1 aromatic carbocycles. The van der Waals surface area contributed by atoms with E-state index in [0.717, 1.165) is 32.9 Å². The first-order valence-corrected chi connectivity index (χ1v) is 8.44. The Morgan fingerprint density at radius 3 is 2.96 bits per heavy atom. The minimum Gasteiger partial charge on any atom is -0.487 e. The van der Waals surface area contributed by atoms with E-state index in [1.807, 2.05) is 25.1 Å². The lowest BCUT2D eigenvalue weighted by molar-refractivity contribution is -0.117. The first kappa shape index (κ1) is 17.3. The van der Waals surface area contributed by atoms with Gasteiger partial charge in [-0.1, -0.05) is 6.07 Å². The molecule has 1 aliphatic rings. The molecule has 0 radical (unpaired) electrons. The number of hydrogen-bond acceptors (Lipinski definition) is 4. The summed E-state index contributed by atoms with van der Waals surface area (Å²) in [4.78, 5) is 16.1.